The molecule has 4 N–H and O–H groups in total. The van der Waals surface area contributed by atoms with E-state index in [1.54, 1.807) is 24.3 Å². The smallest absolute Gasteiger partial charge is 0.338 e. The predicted molar refractivity (Wildman–Crippen MR) is 128 cm³/mol. The number of aromatic carboxylic acids is 1. The van der Waals surface area contributed by atoms with Crippen molar-refractivity contribution in [2.24, 2.45) is 0 Å². The second-order valence-electron chi connectivity index (χ2n) is 7.34. The first-order chi connectivity index (χ1) is 15.9. The van der Waals surface area contributed by atoms with Gasteiger partial charge in [-0.2, -0.15) is 0 Å². The maximum atomic E-state index is 12.2. The van der Waals surface area contributed by atoms with Gasteiger partial charge >= 0.3 is 11.9 Å². The van der Waals surface area contributed by atoms with Crippen molar-refractivity contribution in [2.75, 3.05) is 32.1 Å². The molecule has 0 heterocycles. The second kappa shape index (κ2) is 11.5. The minimum atomic E-state index is -1.12. The van der Waals surface area contributed by atoms with Gasteiger partial charge in [-0.25, -0.2) is 9.59 Å². The molecule has 33 heavy (non-hydrogen) atoms. The first-order valence-electron chi connectivity index (χ1n) is 10.3. The first-order valence-corrected chi connectivity index (χ1v) is 10.7. The molecule has 0 radical (unpaired) electrons. The minimum Gasteiger partial charge on any atom is -0.478 e. The highest BCUT2D eigenvalue weighted by Gasteiger charge is 2.17. The lowest BCUT2D eigenvalue weighted by Crippen LogP contribution is -2.26. The molecular formula is C25H25ClN2O5. The van der Waals surface area contributed by atoms with Crippen molar-refractivity contribution in [1.82, 2.24) is 5.32 Å². The van der Waals surface area contributed by atoms with Crippen molar-refractivity contribution in [3.63, 3.8) is 0 Å². The zero-order valence-electron chi connectivity index (χ0n) is 18.0. The Balaban J connectivity index is 1.61. The van der Waals surface area contributed by atoms with Crippen LogP contribution in [-0.4, -0.2) is 48.9 Å². The van der Waals surface area contributed by atoms with E-state index >= 15 is 0 Å². The summed E-state index contributed by atoms with van der Waals surface area (Å²) in [6.07, 6.45) is -0.655. The topological polar surface area (TPSA) is 108 Å². The van der Waals surface area contributed by atoms with Crippen LogP contribution in [0.3, 0.4) is 0 Å². The van der Waals surface area contributed by atoms with Crippen LogP contribution in [0.1, 0.15) is 32.4 Å². The van der Waals surface area contributed by atoms with Crippen molar-refractivity contribution >= 4 is 29.2 Å². The van der Waals surface area contributed by atoms with E-state index < -0.39 is 18.0 Å². The van der Waals surface area contributed by atoms with E-state index in [1.165, 1.54) is 19.2 Å². The van der Waals surface area contributed by atoms with Gasteiger partial charge in [-0.3, -0.25) is 0 Å². The third-order valence-electron chi connectivity index (χ3n) is 5.05. The van der Waals surface area contributed by atoms with Crippen LogP contribution < -0.4 is 10.6 Å². The van der Waals surface area contributed by atoms with Gasteiger partial charge in [-0.05, 0) is 53.1 Å². The maximum absolute atomic E-state index is 12.2. The molecule has 3 rings (SSSR count). The van der Waals surface area contributed by atoms with Crippen LogP contribution in [0.2, 0.25) is 5.02 Å². The van der Waals surface area contributed by atoms with Crippen molar-refractivity contribution in [1.29, 1.82) is 0 Å². The Bertz CT molecular complexity index is 1140. The van der Waals surface area contributed by atoms with Crippen molar-refractivity contribution in [3.05, 3.63) is 88.4 Å². The number of esters is 1. The summed E-state index contributed by atoms with van der Waals surface area (Å²) in [5.41, 5.74) is 3.12. The molecule has 1 atom stereocenters. The lowest BCUT2D eigenvalue weighted by atomic mass is 9.97. The molecule has 0 aliphatic heterocycles. The molecule has 3 aromatic rings. The molecule has 0 unspecified atom stereocenters. The Hall–Kier alpha value is -3.39. The SMILES string of the molecule is COC(=O)c1cc(C(=O)O)ccc1-c1cccc(NCCNC[C@H](O)c2cccc(Cl)c2)c1. The number of anilines is 1. The molecule has 0 amide bonds. The monoisotopic (exact) mass is 468 g/mol. The molecule has 0 bridgehead atoms. The fraction of sp³-hybridized carbons (Fsp3) is 0.200. The fourth-order valence-electron chi connectivity index (χ4n) is 3.37. The number of methoxy groups -OCH3 is 1. The summed E-state index contributed by atoms with van der Waals surface area (Å²) in [6.45, 7) is 1.61. The number of halogens is 1. The quantitative estimate of drug-likeness (QED) is 0.260. The first kappa shape index (κ1) is 24.3. The Kier molecular flexibility index (Phi) is 8.43. The Labute approximate surface area is 197 Å². The number of hydrogen-bond donors (Lipinski definition) is 4. The van der Waals surface area contributed by atoms with Crippen LogP contribution in [0, 0.1) is 0 Å². The molecule has 3 aromatic carbocycles. The molecule has 0 fully saturated rings. The normalized spacial score (nSPS) is 11.6. The zero-order chi connectivity index (χ0) is 23.8. The van der Waals surface area contributed by atoms with Crippen LogP contribution in [0.4, 0.5) is 5.69 Å². The molecule has 0 aliphatic carbocycles. The number of rotatable bonds is 10. The number of carbonyl (C=O) groups excluding carboxylic acids is 1. The van der Waals surface area contributed by atoms with Gasteiger partial charge in [0, 0.05) is 30.3 Å². The van der Waals surface area contributed by atoms with Gasteiger partial charge in [0.2, 0.25) is 0 Å². The summed E-state index contributed by atoms with van der Waals surface area (Å²) in [5.74, 6) is -1.72. The van der Waals surface area contributed by atoms with Crippen molar-refractivity contribution in [2.45, 2.75) is 6.10 Å². The Morgan fingerprint density at radius 2 is 1.82 bits per heavy atom. The summed E-state index contributed by atoms with van der Waals surface area (Å²) in [5, 5.41) is 26.6. The molecule has 7 nitrogen and oxygen atoms in total. The van der Waals surface area contributed by atoms with Gasteiger partial charge in [0.05, 0.1) is 24.3 Å². The van der Waals surface area contributed by atoms with Gasteiger partial charge in [0.25, 0.3) is 0 Å². The van der Waals surface area contributed by atoms with E-state index in [2.05, 4.69) is 10.6 Å². The molecule has 0 saturated heterocycles. The predicted octanol–water partition coefficient (Wildman–Crippen LogP) is 4.23. The standard InChI is InChI=1S/C25H25ClN2O5/c1-33-25(32)22-14-18(24(30)31)8-9-21(22)16-4-3-7-20(13-16)28-11-10-27-15-23(29)17-5-2-6-19(26)12-17/h2-9,12-14,23,27-29H,10-11,15H2,1H3,(H,30,31)/t23-/m0/s1. The molecular weight excluding hydrogens is 444 g/mol. The lowest BCUT2D eigenvalue weighted by Gasteiger charge is -2.14. The van der Waals surface area contributed by atoms with E-state index in [4.69, 9.17) is 16.3 Å². The summed E-state index contributed by atoms with van der Waals surface area (Å²) < 4.78 is 4.83. The largest absolute Gasteiger partial charge is 0.478 e. The summed E-state index contributed by atoms with van der Waals surface area (Å²) in [6, 6.07) is 19.0. The molecule has 0 spiro atoms. The molecule has 0 saturated carbocycles. The number of aliphatic hydroxyl groups excluding tert-OH is 1. The second-order valence-corrected chi connectivity index (χ2v) is 7.78. The highest BCUT2D eigenvalue weighted by atomic mass is 35.5. The van der Waals surface area contributed by atoms with E-state index in [1.807, 2.05) is 30.3 Å². The molecule has 8 heteroatoms. The van der Waals surface area contributed by atoms with Gasteiger partial charge in [-0.15, -0.1) is 0 Å². The number of carboxylic acids is 1. The third-order valence-corrected chi connectivity index (χ3v) is 5.28. The van der Waals surface area contributed by atoms with Gasteiger partial charge < -0.3 is 25.6 Å². The number of carboxylic acid groups (broad SMARTS) is 1. The lowest BCUT2D eigenvalue weighted by molar-refractivity contribution is 0.0601. The van der Waals surface area contributed by atoms with Crippen LogP contribution in [0.15, 0.2) is 66.7 Å². The minimum absolute atomic E-state index is 0.0134. The van der Waals surface area contributed by atoms with Crippen LogP contribution >= 0.6 is 11.6 Å². The molecule has 172 valence electrons. The zero-order valence-corrected chi connectivity index (χ0v) is 18.8. The van der Waals surface area contributed by atoms with Gasteiger partial charge in [0.1, 0.15) is 0 Å². The number of carbonyl (C=O) groups is 2. The van der Waals surface area contributed by atoms with Crippen LogP contribution in [0.5, 0.6) is 0 Å². The molecule has 0 aromatic heterocycles. The van der Waals surface area contributed by atoms with E-state index in [9.17, 15) is 19.8 Å². The van der Waals surface area contributed by atoms with E-state index in [0.717, 1.165) is 16.8 Å². The number of ether oxygens (including phenoxy) is 1. The van der Waals surface area contributed by atoms with Crippen LogP contribution in [0.25, 0.3) is 11.1 Å². The maximum Gasteiger partial charge on any atom is 0.338 e. The number of hydrogen-bond acceptors (Lipinski definition) is 6. The number of benzene rings is 3. The summed E-state index contributed by atoms with van der Waals surface area (Å²) >= 11 is 5.96. The van der Waals surface area contributed by atoms with Gasteiger partial charge in [0.15, 0.2) is 0 Å². The van der Waals surface area contributed by atoms with Crippen LogP contribution in [-0.2, 0) is 4.74 Å². The van der Waals surface area contributed by atoms with E-state index in [0.29, 0.717) is 30.2 Å². The highest BCUT2D eigenvalue weighted by molar-refractivity contribution is 6.30. The van der Waals surface area contributed by atoms with E-state index in [-0.39, 0.29) is 11.1 Å². The number of nitrogens with one attached hydrogen (secondary N) is 2. The third kappa shape index (κ3) is 6.55. The number of aliphatic hydroxyl groups is 1. The summed E-state index contributed by atoms with van der Waals surface area (Å²) in [7, 11) is 1.26. The van der Waals surface area contributed by atoms with Crippen molar-refractivity contribution < 1.29 is 24.5 Å². The van der Waals surface area contributed by atoms with Crippen molar-refractivity contribution in [3.8, 4) is 11.1 Å². The average molecular weight is 469 g/mol. The highest BCUT2D eigenvalue weighted by Crippen LogP contribution is 2.28. The Morgan fingerprint density at radius 1 is 1.03 bits per heavy atom. The fourth-order valence-corrected chi connectivity index (χ4v) is 3.57. The average Bonchev–Trinajstić information content (AvgIpc) is 2.83. The Morgan fingerprint density at radius 3 is 2.55 bits per heavy atom. The van der Waals surface area contributed by atoms with Gasteiger partial charge in [-0.1, -0.05) is 41.9 Å². The molecule has 0 aliphatic rings. The summed E-state index contributed by atoms with van der Waals surface area (Å²) in [4.78, 5) is 23.5.